The van der Waals surface area contributed by atoms with E-state index in [4.69, 9.17) is 5.73 Å². The molecule has 1 saturated heterocycles. The lowest BCUT2D eigenvalue weighted by Gasteiger charge is -2.29. The number of halogens is 2. The highest BCUT2D eigenvalue weighted by Gasteiger charge is 2.15. The largest absolute Gasteiger partial charge is 0.328 e. The van der Waals surface area contributed by atoms with Crippen LogP contribution in [-0.2, 0) is 6.42 Å². The average molecular weight is 278 g/mol. The SMILES string of the molecule is Cl.Cl.NC1CCN(CCc2cccnc2)CC1. The molecule has 2 N–H and O–H groups in total. The van der Waals surface area contributed by atoms with Crippen molar-refractivity contribution in [1.29, 1.82) is 0 Å². The molecule has 0 spiro atoms. The van der Waals surface area contributed by atoms with E-state index in [1.807, 2.05) is 18.5 Å². The molecular weight excluding hydrogens is 257 g/mol. The first-order chi connectivity index (χ1) is 7.34. The van der Waals surface area contributed by atoms with Crippen molar-refractivity contribution in [2.45, 2.75) is 25.3 Å². The van der Waals surface area contributed by atoms with Crippen molar-refractivity contribution in [2.75, 3.05) is 19.6 Å². The van der Waals surface area contributed by atoms with Gasteiger partial charge >= 0.3 is 0 Å². The van der Waals surface area contributed by atoms with E-state index in [2.05, 4.69) is 16.0 Å². The maximum absolute atomic E-state index is 5.87. The monoisotopic (exact) mass is 277 g/mol. The number of aromatic nitrogens is 1. The molecule has 5 heteroatoms. The Labute approximate surface area is 116 Å². The van der Waals surface area contributed by atoms with E-state index in [1.165, 1.54) is 5.56 Å². The number of rotatable bonds is 3. The number of piperidine rings is 1. The van der Waals surface area contributed by atoms with Crippen LogP contribution in [0.2, 0.25) is 0 Å². The van der Waals surface area contributed by atoms with Gasteiger partial charge in [0.2, 0.25) is 0 Å². The Morgan fingerprint density at radius 2 is 2.00 bits per heavy atom. The number of hydrogen-bond donors (Lipinski definition) is 1. The zero-order chi connectivity index (χ0) is 10.5. The lowest BCUT2D eigenvalue weighted by atomic mass is 10.1. The normalized spacial score (nSPS) is 17.0. The summed E-state index contributed by atoms with van der Waals surface area (Å²) >= 11 is 0. The summed E-state index contributed by atoms with van der Waals surface area (Å²) in [6.07, 6.45) is 7.17. The Balaban J connectivity index is 0.00000128. The van der Waals surface area contributed by atoms with Crippen LogP contribution < -0.4 is 5.73 Å². The van der Waals surface area contributed by atoms with Crippen LogP contribution in [0.4, 0.5) is 0 Å². The molecule has 17 heavy (non-hydrogen) atoms. The highest BCUT2D eigenvalue weighted by Crippen LogP contribution is 2.09. The van der Waals surface area contributed by atoms with E-state index in [0.717, 1.165) is 38.9 Å². The maximum atomic E-state index is 5.87. The fourth-order valence-electron chi connectivity index (χ4n) is 2.01. The van der Waals surface area contributed by atoms with Crippen molar-refractivity contribution in [2.24, 2.45) is 5.73 Å². The molecule has 0 unspecified atom stereocenters. The van der Waals surface area contributed by atoms with E-state index < -0.39 is 0 Å². The van der Waals surface area contributed by atoms with E-state index in [9.17, 15) is 0 Å². The summed E-state index contributed by atoms with van der Waals surface area (Å²) in [5, 5.41) is 0. The second kappa shape index (κ2) is 8.70. The zero-order valence-corrected chi connectivity index (χ0v) is 11.6. The predicted molar refractivity (Wildman–Crippen MR) is 76.1 cm³/mol. The second-order valence-electron chi connectivity index (χ2n) is 4.29. The molecule has 0 aromatic carbocycles. The molecule has 1 fully saturated rings. The summed E-state index contributed by atoms with van der Waals surface area (Å²) in [4.78, 5) is 6.62. The molecule has 0 amide bonds. The molecule has 1 aromatic rings. The fourth-order valence-corrected chi connectivity index (χ4v) is 2.01. The van der Waals surface area contributed by atoms with Crippen molar-refractivity contribution in [1.82, 2.24) is 9.88 Å². The third-order valence-electron chi connectivity index (χ3n) is 3.07. The molecule has 0 atom stereocenters. The van der Waals surface area contributed by atoms with Crippen LogP contribution in [0.1, 0.15) is 18.4 Å². The van der Waals surface area contributed by atoms with Crippen LogP contribution in [0.5, 0.6) is 0 Å². The third-order valence-corrected chi connectivity index (χ3v) is 3.07. The van der Waals surface area contributed by atoms with Gasteiger partial charge in [-0.1, -0.05) is 6.07 Å². The first kappa shape index (κ1) is 16.6. The minimum absolute atomic E-state index is 0. The van der Waals surface area contributed by atoms with Crippen molar-refractivity contribution in [3.05, 3.63) is 30.1 Å². The highest BCUT2D eigenvalue weighted by atomic mass is 35.5. The van der Waals surface area contributed by atoms with Gasteiger partial charge in [0.15, 0.2) is 0 Å². The van der Waals surface area contributed by atoms with Crippen molar-refractivity contribution in [3.8, 4) is 0 Å². The lowest BCUT2D eigenvalue weighted by Crippen LogP contribution is -2.40. The van der Waals surface area contributed by atoms with E-state index in [0.29, 0.717) is 6.04 Å². The summed E-state index contributed by atoms with van der Waals surface area (Å²) in [5.74, 6) is 0. The maximum Gasteiger partial charge on any atom is 0.0300 e. The molecule has 0 bridgehead atoms. The van der Waals surface area contributed by atoms with Gasteiger partial charge in [0, 0.05) is 25.0 Å². The van der Waals surface area contributed by atoms with Gasteiger partial charge in [-0.15, -0.1) is 24.8 Å². The minimum Gasteiger partial charge on any atom is -0.328 e. The molecule has 2 rings (SSSR count). The molecule has 1 aliphatic heterocycles. The second-order valence-corrected chi connectivity index (χ2v) is 4.29. The van der Waals surface area contributed by atoms with E-state index in [-0.39, 0.29) is 24.8 Å². The van der Waals surface area contributed by atoms with Crippen LogP contribution in [0, 0.1) is 0 Å². The first-order valence-electron chi connectivity index (χ1n) is 5.71. The van der Waals surface area contributed by atoms with Gasteiger partial charge in [-0.25, -0.2) is 0 Å². The zero-order valence-electron chi connectivity index (χ0n) is 9.92. The molecule has 0 aliphatic carbocycles. The Hall–Kier alpha value is -0.350. The molecule has 3 nitrogen and oxygen atoms in total. The number of hydrogen-bond acceptors (Lipinski definition) is 3. The van der Waals surface area contributed by atoms with Crippen molar-refractivity contribution >= 4 is 24.8 Å². The quantitative estimate of drug-likeness (QED) is 0.918. The first-order valence-corrected chi connectivity index (χ1v) is 5.71. The standard InChI is InChI=1S/C12H19N3.2ClH/c13-12-4-8-15(9-5-12)7-3-11-2-1-6-14-10-11;;/h1-2,6,10,12H,3-5,7-9,13H2;2*1H. The topological polar surface area (TPSA) is 42.1 Å². The molecule has 0 saturated carbocycles. The van der Waals surface area contributed by atoms with Crippen LogP contribution in [-0.4, -0.2) is 35.6 Å². The Kier molecular flexibility index (Phi) is 8.52. The van der Waals surface area contributed by atoms with Gasteiger partial charge in [0.05, 0.1) is 0 Å². The minimum atomic E-state index is 0. The van der Waals surface area contributed by atoms with Gasteiger partial charge < -0.3 is 10.6 Å². The van der Waals surface area contributed by atoms with Crippen molar-refractivity contribution in [3.63, 3.8) is 0 Å². The Morgan fingerprint density at radius 3 is 2.59 bits per heavy atom. The average Bonchev–Trinajstić information content (AvgIpc) is 2.30. The van der Waals surface area contributed by atoms with Gasteiger partial charge in [-0.05, 0) is 44.0 Å². The fraction of sp³-hybridized carbons (Fsp3) is 0.583. The summed E-state index contributed by atoms with van der Waals surface area (Å²) < 4.78 is 0. The summed E-state index contributed by atoms with van der Waals surface area (Å²) in [6.45, 7) is 3.45. The van der Waals surface area contributed by atoms with Crippen LogP contribution in [0.15, 0.2) is 24.5 Å². The molecule has 2 heterocycles. The van der Waals surface area contributed by atoms with E-state index in [1.54, 1.807) is 0 Å². The molecule has 0 radical (unpaired) electrons. The van der Waals surface area contributed by atoms with Crippen molar-refractivity contribution < 1.29 is 0 Å². The number of likely N-dealkylation sites (tertiary alicyclic amines) is 1. The molecule has 1 aliphatic rings. The third kappa shape index (κ3) is 5.68. The summed E-state index contributed by atoms with van der Waals surface area (Å²) in [6, 6.07) is 4.57. The summed E-state index contributed by atoms with van der Waals surface area (Å²) in [5.41, 5.74) is 7.19. The van der Waals surface area contributed by atoms with Gasteiger partial charge in [-0.2, -0.15) is 0 Å². The van der Waals surface area contributed by atoms with E-state index >= 15 is 0 Å². The highest BCUT2D eigenvalue weighted by molar-refractivity contribution is 5.85. The molecular formula is C12H21Cl2N3. The Bertz CT molecular complexity index is 287. The van der Waals surface area contributed by atoms with Gasteiger partial charge in [0.25, 0.3) is 0 Å². The number of pyridine rings is 1. The number of nitrogens with zero attached hydrogens (tertiary/aromatic N) is 2. The molecule has 1 aromatic heterocycles. The van der Waals surface area contributed by atoms with Crippen LogP contribution in [0.3, 0.4) is 0 Å². The van der Waals surface area contributed by atoms with Crippen LogP contribution in [0.25, 0.3) is 0 Å². The Morgan fingerprint density at radius 1 is 1.29 bits per heavy atom. The summed E-state index contributed by atoms with van der Waals surface area (Å²) in [7, 11) is 0. The van der Waals surface area contributed by atoms with Crippen LogP contribution >= 0.6 is 24.8 Å². The molecule has 98 valence electrons. The predicted octanol–water partition coefficient (Wildman–Crippen LogP) is 1.89. The number of nitrogens with two attached hydrogens (primary N) is 1. The van der Waals surface area contributed by atoms with Gasteiger partial charge in [0.1, 0.15) is 0 Å². The lowest BCUT2D eigenvalue weighted by molar-refractivity contribution is 0.215. The van der Waals surface area contributed by atoms with Gasteiger partial charge in [-0.3, -0.25) is 4.98 Å². The smallest absolute Gasteiger partial charge is 0.0300 e.